The van der Waals surface area contributed by atoms with Crippen LogP contribution in [0, 0.1) is 12.8 Å². The quantitative estimate of drug-likeness (QED) is 0.487. The minimum atomic E-state index is -0.204. The molecule has 1 heterocycles. The summed E-state index contributed by atoms with van der Waals surface area (Å²) in [5, 5.41) is 8.67. The van der Waals surface area contributed by atoms with Crippen LogP contribution in [0.3, 0.4) is 0 Å². The summed E-state index contributed by atoms with van der Waals surface area (Å²) in [5.74, 6) is 0.750. The summed E-state index contributed by atoms with van der Waals surface area (Å²) in [4.78, 5) is 28.4. The van der Waals surface area contributed by atoms with E-state index in [1.54, 1.807) is 17.4 Å². The number of carbonyl (C=O) groups is 2. The molecule has 1 saturated carbocycles. The molecule has 29 heavy (non-hydrogen) atoms. The first kappa shape index (κ1) is 21.0. The van der Waals surface area contributed by atoms with E-state index in [1.165, 1.54) is 6.08 Å². The molecular formula is C22H27N3O3S. The van der Waals surface area contributed by atoms with E-state index in [4.69, 9.17) is 4.74 Å². The molecule has 2 amide bonds. The molecule has 3 rings (SSSR count). The summed E-state index contributed by atoms with van der Waals surface area (Å²) in [5.41, 5.74) is 1.72. The summed E-state index contributed by atoms with van der Waals surface area (Å²) >= 11 is 1.59. The Morgan fingerprint density at radius 2 is 1.97 bits per heavy atom. The number of carbonyl (C=O) groups excluding carboxylic acids is 2. The average Bonchev–Trinajstić information content (AvgIpc) is 3.40. The summed E-state index contributed by atoms with van der Waals surface area (Å²) in [6, 6.07) is 7.56. The summed E-state index contributed by atoms with van der Waals surface area (Å²) in [6.45, 7) is 3.20. The summed E-state index contributed by atoms with van der Waals surface area (Å²) < 4.78 is 5.86. The van der Waals surface area contributed by atoms with Crippen molar-refractivity contribution in [1.82, 2.24) is 15.6 Å². The smallest absolute Gasteiger partial charge is 0.244 e. The van der Waals surface area contributed by atoms with E-state index in [-0.39, 0.29) is 17.7 Å². The number of ether oxygens (including phenoxy) is 1. The first-order valence-electron chi connectivity index (χ1n) is 9.98. The SMILES string of the molecule is Cc1nc(COc2ccccc2/C=C/C(=O)NCCNC(=O)C2CCCC2)cs1. The molecule has 1 fully saturated rings. The lowest BCUT2D eigenvalue weighted by Crippen LogP contribution is -2.36. The van der Waals surface area contributed by atoms with Gasteiger partial charge in [0.05, 0.1) is 10.7 Å². The predicted molar refractivity (Wildman–Crippen MR) is 115 cm³/mol. The fraction of sp³-hybridized carbons (Fsp3) is 0.409. The molecule has 2 aromatic rings. The largest absolute Gasteiger partial charge is 0.487 e. The van der Waals surface area contributed by atoms with Crippen LogP contribution in [-0.2, 0) is 16.2 Å². The van der Waals surface area contributed by atoms with Crippen molar-refractivity contribution in [3.05, 3.63) is 52.0 Å². The van der Waals surface area contributed by atoms with E-state index in [0.29, 0.717) is 25.4 Å². The number of rotatable bonds is 9. The molecule has 0 radical (unpaired) electrons. The Labute approximate surface area is 175 Å². The Bertz CT molecular complexity index is 856. The van der Waals surface area contributed by atoms with E-state index in [2.05, 4.69) is 15.6 Å². The van der Waals surface area contributed by atoms with Gasteiger partial charge in [-0.2, -0.15) is 0 Å². The molecule has 154 valence electrons. The van der Waals surface area contributed by atoms with Gasteiger partial charge in [0.2, 0.25) is 11.8 Å². The fourth-order valence-corrected chi connectivity index (χ4v) is 3.90. The lowest BCUT2D eigenvalue weighted by atomic mass is 10.1. The molecular weight excluding hydrogens is 386 g/mol. The van der Waals surface area contributed by atoms with Crippen LogP contribution >= 0.6 is 11.3 Å². The van der Waals surface area contributed by atoms with Gasteiger partial charge in [0.25, 0.3) is 0 Å². The van der Waals surface area contributed by atoms with Crippen molar-refractivity contribution in [2.45, 2.75) is 39.2 Å². The Morgan fingerprint density at radius 3 is 2.72 bits per heavy atom. The highest BCUT2D eigenvalue weighted by molar-refractivity contribution is 7.09. The van der Waals surface area contributed by atoms with Crippen molar-refractivity contribution in [3.63, 3.8) is 0 Å². The lowest BCUT2D eigenvalue weighted by molar-refractivity contribution is -0.125. The van der Waals surface area contributed by atoms with Crippen molar-refractivity contribution < 1.29 is 14.3 Å². The number of para-hydroxylation sites is 1. The maximum Gasteiger partial charge on any atom is 0.244 e. The number of thiazole rings is 1. The van der Waals surface area contributed by atoms with Gasteiger partial charge in [-0.15, -0.1) is 11.3 Å². The third-order valence-electron chi connectivity index (χ3n) is 4.82. The highest BCUT2D eigenvalue weighted by Crippen LogP contribution is 2.24. The second-order valence-corrected chi connectivity index (χ2v) is 8.14. The Morgan fingerprint density at radius 1 is 1.21 bits per heavy atom. The van der Waals surface area contributed by atoms with Crippen LogP contribution in [0.5, 0.6) is 5.75 Å². The minimum absolute atomic E-state index is 0.105. The number of amides is 2. The molecule has 1 aromatic heterocycles. The maximum absolute atomic E-state index is 12.1. The molecule has 2 N–H and O–H groups in total. The maximum atomic E-state index is 12.1. The molecule has 0 spiro atoms. The number of benzene rings is 1. The van der Waals surface area contributed by atoms with Crippen LogP contribution in [0.2, 0.25) is 0 Å². The summed E-state index contributed by atoms with van der Waals surface area (Å²) in [6.07, 6.45) is 7.43. The van der Waals surface area contributed by atoms with E-state index in [0.717, 1.165) is 41.9 Å². The van der Waals surface area contributed by atoms with Gasteiger partial charge >= 0.3 is 0 Å². The molecule has 1 aromatic carbocycles. The van der Waals surface area contributed by atoms with Gasteiger partial charge in [-0.3, -0.25) is 9.59 Å². The fourth-order valence-electron chi connectivity index (χ4n) is 3.30. The van der Waals surface area contributed by atoms with Crippen molar-refractivity contribution in [3.8, 4) is 5.75 Å². The zero-order valence-corrected chi connectivity index (χ0v) is 17.5. The van der Waals surface area contributed by atoms with E-state index >= 15 is 0 Å². The minimum Gasteiger partial charge on any atom is -0.487 e. The molecule has 0 bridgehead atoms. The van der Waals surface area contributed by atoms with Crippen LogP contribution in [0.1, 0.15) is 41.9 Å². The second-order valence-electron chi connectivity index (χ2n) is 7.08. The van der Waals surface area contributed by atoms with Gasteiger partial charge in [-0.05, 0) is 31.9 Å². The number of hydrogen-bond donors (Lipinski definition) is 2. The second kappa shape index (κ2) is 10.8. The van der Waals surface area contributed by atoms with E-state index < -0.39 is 0 Å². The normalized spacial score (nSPS) is 14.2. The monoisotopic (exact) mass is 413 g/mol. The van der Waals surface area contributed by atoms with E-state index in [1.807, 2.05) is 36.6 Å². The van der Waals surface area contributed by atoms with Crippen LogP contribution in [-0.4, -0.2) is 29.9 Å². The first-order chi connectivity index (χ1) is 14.1. The van der Waals surface area contributed by atoms with Crippen molar-refractivity contribution in [2.75, 3.05) is 13.1 Å². The number of nitrogens with one attached hydrogen (secondary N) is 2. The number of aromatic nitrogens is 1. The van der Waals surface area contributed by atoms with Gasteiger partial charge in [0.15, 0.2) is 0 Å². The Kier molecular flexibility index (Phi) is 7.81. The molecule has 7 heteroatoms. The molecule has 0 aliphatic heterocycles. The van der Waals surface area contributed by atoms with E-state index in [9.17, 15) is 9.59 Å². The van der Waals surface area contributed by atoms with Crippen LogP contribution < -0.4 is 15.4 Å². The topological polar surface area (TPSA) is 80.3 Å². The van der Waals surface area contributed by atoms with Gasteiger partial charge < -0.3 is 15.4 Å². The third-order valence-corrected chi connectivity index (χ3v) is 5.65. The van der Waals surface area contributed by atoms with Crippen molar-refractivity contribution in [2.24, 2.45) is 5.92 Å². The molecule has 0 saturated heterocycles. The van der Waals surface area contributed by atoms with Crippen LogP contribution in [0.25, 0.3) is 6.08 Å². The Balaban J connectivity index is 1.42. The third kappa shape index (κ3) is 6.71. The zero-order valence-electron chi connectivity index (χ0n) is 16.6. The highest BCUT2D eigenvalue weighted by atomic mass is 32.1. The van der Waals surface area contributed by atoms with Crippen LogP contribution in [0.4, 0.5) is 0 Å². The molecule has 0 unspecified atom stereocenters. The van der Waals surface area contributed by atoms with Gasteiger partial charge in [-0.25, -0.2) is 4.98 Å². The summed E-state index contributed by atoms with van der Waals surface area (Å²) in [7, 11) is 0. The number of hydrogen-bond acceptors (Lipinski definition) is 5. The Hall–Kier alpha value is -2.67. The lowest BCUT2D eigenvalue weighted by Gasteiger charge is -2.10. The van der Waals surface area contributed by atoms with Crippen molar-refractivity contribution in [1.29, 1.82) is 0 Å². The predicted octanol–water partition coefficient (Wildman–Crippen LogP) is 3.47. The standard InChI is InChI=1S/C22H27N3O3S/c1-16-25-19(15-29-16)14-28-20-9-5-4-6-17(20)10-11-21(26)23-12-13-24-22(27)18-7-2-3-8-18/h4-6,9-11,15,18H,2-3,7-8,12-14H2,1H3,(H,23,26)(H,24,27)/b11-10+. The highest BCUT2D eigenvalue weighted by Gasteiger charge is 2.21. The molecule has 1 aliphatic rings. The van der Waals surface area contributed by atoms with Crippen LogP contribution in [0.15, 0.2) is 35.7 Å². The zero-order chi connectivity index (χ0) is 20.5. The number of aryl methyl sites for hydroxylation is 1. The first-order valence-corrected chi connectivity index (χ1v) is 10.9. The molecule has 6 nitrogen and oxygen atoms in total. The average molecular weight is 414 g/mol. The molecule has 1 aliphatic carbocycles. The van der Waals surface area contributed by atoms with Gasteiger partial charge in [0.1, 0.15) is 12.4 Å². The van der Waals surface area contributed by atoms with Gasteiger partial charge in [0, 0.05) is 36.0 Å². The number of nitrogens with zero attached hydrogens (tertiary/aromatic N) is 1. The molecule has 0 atom stereocenters. The van der Waals surface area contributed by atoms with Crippen molar-refractivity contribution >= 4 is 29.2 Å². The van der Waals surface area contributed by atoms with Gasteiger partial charge in [-0.1, -0.05) is 31.0 Å².